The number of hydrogen-bond donors (Lipinski definition) is 2. The van der Waals surface area contributed by atoms with Crippen LogP contribution >= 0.6 is 0 Å². The first kappa shape index (κ1) is 17.4. The molecule has 0 aromatic carbocycles. The Kier molecular flexibility index (Phi) is 9.92. The maximum atomic E-state index is 11.3. The third-order valence-corrected chi connectivity index (χ3v) is 2.87. The van der Waals surface area contributed by atoms with Crippen LogP contribution in [0.25, 0.3) is 0 Å². The fraction of sp³-hybridized carbons (Fsp3) is 0.923. The highest BCUT2D eigenvalue weighted by molar-refractivity contribution is 5.84. The fourth-order valence-corrected chi connectivity index (χ4v) is 1.53. The predicted octanol–water partition coefficient (Wildman–Crippen LogP) is 1.06. The lowest BCUT2D eigenvalue weighted by molar-refractivity contribution is -0.124. The minimum Gasteiger partial charge on any atom is -0.379 e. The number of amides is 1. The molecule has 0 saturated heterocycles. The molecule has 0 rings (SSSR count). The Labute approximate surface area is 110 Å². The molecule has 108 valence electrons. The van der Waals surface area contributed by atoms with Gasteiger partial charge in [0.05, 0.1) is 18.8 Å². The van der Waals surface area contributed by atoms with Crippen molar-refractivity contribution in [1.29, 1.82) is 0 Å². The Morgan fingerprint density at radius 3 is 2.28 bits per heavy atom. The Bertz CT molecular complexity index is 224. The molecule has 0 saturated carbocycles. The molecule has 0 aliphatic heterocycles. The molecular formula is C13H28N2O3. The van der Waals surface area contributed by atoms with Crippen molar-refractivity contribution in [3.05, 3.63) is 0 Å². The van der Waals surface area contributed by atoms with Crippen molar-refractivity contribution < 1.29 is 14.3 Å². The van der Waals surface area contributed by atoms with Gasteiger partial charge in [-0.3, -0.25) is 4.79 Å². The van der Waals surface area contributed by atoms with Crippen LogP contribution in [0.3, 0.4) is 0 Å². The average Bonchev–Trinajstić information content (AvgIpc) is 2.33. The molecule has 1 amide bonds. The van der Waals surface area contributed by atoms with Gasteiger partial charge >= 0.3 is 0 Å². The highest BCUT2D eigenvalue weighted by atomic mass is 16.5. The smallest absolute Gasteiger partial charge is 0.237 e. The van der Waals surface area contributed by atoms with Gasteiger partial charge in [-0.2, -0.15) is 0 Å². The molecule has 1 unspecified atom stereocenters. The van der Waals surface area contributed by atoms with E-state index in [1.165, 1.54) is 0 Å². The van der Waals surface area contributed by atoms with Gasteiger partial charge in [-0.1, -0.05) is 20.3 Å². The second-order valence-electron chi connectivity index (χ2n) is 4.55. The first-order valence-electron chi connectivity index (χ1n) is 6.77. The van der Waals surface area contributed by atoms with E-state index in [1.54, 1.807) is 6.92 Å². The first-order valence-corrected chi connectivity index (χ1v) is 6.77. The van der Waals surface area contributed by atoms with Gasteiger partial charge in [0.25, 0.3) is 0 Å². The third-order valence-electron chi connectivity index (χ3n) is 2.87. The zero-order chi connectivity index (χ0) is 13.9. The van der Waals surface area contributed by atoms with Crippen LogP contribution in [-0.4, -0.2) is 44.4 Å². The maximum Gasteiger partial charge on any atom is 0.237 e. The lowest BCUT2D eigenvalue weighted by Gasteiger charge is -2.26. The molecule has 0 aromatic rings. The quantitative estimate of drug-likeness (QED) is 0.515. The molecule has 0 aliphatic carbocycles. The number of likely N-dealkylation sites (N-methyl/N-ethyl adjacent to an activating group) is 1. The number of nitrogens with two attached hydrogens (primary N) is 1. The summed E-state index contributed by atoms with van der Waals surface area (Å²) in [5.74, 6) is -0.341. The SMILES string of the molecule is CCCCOCCOCCC(C)(NCC)C(N)=O. The summed E-state index contributed by atoms with van der Waals surface area (Å²) < 4.78 is 10.8. The van der Waals surface area contributed by atoms with Gasteiger partial charge in [0.15, 0.2) is 0 Å². The summed E-state index contributed by atoms with van der Waals surface area (Å²) in [6.07, 6.45) is 2.80. The largest absolute Gasteiger partial charge is 0.379 e. The average molecular weight is 260 g/mol. The summed E-state index contributed by atoms with van der Waals surface area (Å²) in [5, 5.41) is 3.09. The highest BCUT2D eigenvalue weighted by Crippen LogP contribution is 2.08. The second-order valence-corrected chi connectivity index (χ2v) is 4.55. The van der Waals surface area contributed by atoms with Crippen molar-refractivity contribution >= 4 is 5.91 Å². The topological polar surface area (TPSA) is 73.6 Å². The summed E-state index contributed by atoms with van der Waals surface area (Å²) in [6.45, 7) is 9.05. The van der Waals surface area contributed by atoms with Crippen molar-refractivity contribution in [1.82, 2.24) is 5.32 Å². The lowest BCUT2D eigenvalue weighted by Crippen LogP contribution is -2.53. The molecule has 1 atom stereocenters. The number of carbonyl (C=O) groups is 1. The number of hydrogen-bond acceptors (Lipinski definition) is 4. The van der Waals surface area contributed by atoms with Crippen molar-refractivity contribution in [3.8, 4) is 0 Å². The Morgan fingerprint density at radius 1 is 1.17 bits per heavy atom. The molecule has 3 N–H and O–H groups in total. The van der Waals surface area contributed by atoms with Gasteiger partial charge < -0.3 is 20.5 Å². The van der Waals surface area contributed by atoms with Gasteiger partial charge in [0, 0.05) is 13.2 Å². The van der Waals surface area contributed by atoms with E-state index in [1.807, 2.05) is 6.92 Å². The summed E-state index contributed by atoms with van der Waals surface area (Å²) >= 11 is 0. The molecule has 0 radical (unpaired) electrons. The standard InChI is InChI=1S/C13H28N2O3/c1-4-6-8-17-10-11-18-9-7-13(3,12(14)16)15-5-2/h15H,4-11H2,1-3H3,(H2,14,16). The van der Waals surface area contributed by atoms with Crippen LogP contribution in [0.2, 0.25) is 0 Å². The minimum absolute atomic E-state index is 0.341. The summed E-state index contributed by atoms with van der Waals surface area (Å²) in [7, 11) is 0. The van der Waals surface area contributed by atoms with E-state index in [0.29, 0.717) is 32.8 Å². The summed E-state index contributed by atoms with van der Waals surface area (Å²) in [4.78, 5) is 11.3. The molecule has 0 heterocycles. The van der Waals surface area contributed by atoms with Gasteiger partial charge in [0.2, 0.25) is 5.91 Å². The van der Waals surface area contributed by atoms with Crippen LogP contribution in [0.15, 0.2) is 0 Å². The normalized spacial score (nSPS) is 14.4. The maximum absolute atomic E-state index is 11.3. The zero-order valence-corrected chi connectivity index (χ0v) is 12.0. The van der Waals surface area contributed by atoms with Gasteiger partial charge in [-0.15, -0.1) is 0 Å². The van der Waals surface area contributed by atoms with Crippen molar-refractivity contribution in [3.63, 3.8) is 0 Å². The molecule has 5 heteroatoms. The van der Waals surface area contributed by atoms with Crippen LogP contribution in [-0.2, 0) is 14.3 Å². The van der Waals surface area contributed by atoms with E-state index in [0.717, 1.165) is 19.4 Å². The second kappa shape index (κ2) is 10.3. The molecule has 0 bridgehead atoms. The Balaban J connectivity index is 3.59. The lowest BCUT2D eigenvalue weighted by atomic mass is 9.97. The molecule has 0 aromatic heterocycles. The zero-order valence-electron chi connectivity index (χ0n) is 12.0. The monoisotopic (exact) mass is 260 g/mol. The predicted molar refractivity (Wildman–Crippen MR) is 72.4 cm³/mol. The van der Waals surface area contributed by atoms with Gasteiger partial charge in [-0.05, 0) is 26.3 Å². The minimum atomic E-state index is -0.683. The number of primary amides is 1. The Hall–Kier alpha value is -0.650. The molecule has 0 spiro atoms. The number of rotatable bonds is 12. The summed E-state index contributed by atoms with van der Waals surface area (Å²) in [5.41, 5.74) is 4.69. The first-order chi connectivity index (χ1) is 8.56. The summed E-state index contributed by atoms with van der Waals surface area (Å²) in [6, 6.07) is 0. The highest BCUT2D eigenvalue weighted by Gasteiger charge is 2.29. The van der Waals surface area contributed by atoms with Crippen molar-refractivity contribution in [2.24, 2.45) is 5.73 Å². The van der Waals surface area contributed by atoms with Crippen molar-refractivity contribution in [2.45, 2.75) is 45.6 Å². The van der Waals surface area contributed by atoms with Crippen LogP contribution in [0, 0.1) is 0 Å². The van der Waals surface area contributed by atoms with E-state index in [9.17, 15) is 4.79 Å². The fourth-order valence-electron chi connectivity index (χ4n) is 1.53. The number of ether oxygens (including phenoxy) is 2. The van der Waals surface area contributed by atoms with Crippen LogP contribution in [0.5, 0.6) is 0 Å². The van der Waals surface area contributed by atoms with Crippen molar-refractivity contribution in [2.75, 3.05) is 33.0 Å². The van der Waals surface area contributed by atoms with Gasteiger partial charge in [-0.25, -0.2) is 0 Å². The number of carbonyl (C=O) groups excluding carboxylic acids is 1. The Morgan fingerprint density at radius 2 is 1.78 bits per heavy atom. The number of nitrogens with one attached hydrogen (secondary N) is 1. The molecular weight excluding hydrogens is 232 g/mol. The van der Waals surface area contributed by atoms with Crippen LogP contribution < -0.4 is 11.1 Å². The molecule has 0 fully saturated rings. The van der Waals surface area contributed by atoms with E-state index in [-0.39, 0.29) is 5.91 Å². The molecule has 5 nitrogen and oxygen atoms in total. The number of unbranched alkanes of at least 4 members (excludes halogenated alkanes) is 1. The molecule has 18 heavy (non-hydrogen) atoms. The van der Waals surface area contributed by atoms with Crippen LogP contribution in [0.4, 0.5) is 0 Å². The van der Waals surface area contributed by atoms with E-state index < -0.39 is 5.54 Å². The van der Waals surface area contributed by atoms with Crippen LogP contribution in [0.1, 0.15) is 40.0 Å². The van der Waals surface area contributed by atoms with E-state index in [2.05, 4.69) is 12.2 Å². The van der Waals surface area contributed by atoms with Gasteiger partial charge in [0.1, 0.15) is 0 Å². The molecule has 0 aliphatic rings. The third kappa shape index (κ3) is 7.63. The van der Waals surface area contributed by atoms with E-state index >= 15 is 0 Å². The van der Waals surface area contributed by atoms with E-state index in [4.69, 9.17) is 15.2 Å².